The number of amides is 1. The third kappa shape index (κ3) is 4.12. The molecular weight excluding hydrogens is 342 g/mol. The summed E-state index contributed by atoms with van der Waals surface area (Å²) in [7, 11) is 0. The highest BCUT2D eigenvalue weighted by molar-refractivity contribution is 5.94. The van der Waals surface area contributed by atoms with E-state index in [0.717, 1.165) is 18.5 Å². The molecule has 2 aliphatic rings. The number of likely N-dealkylation sites (tertiary alicyclic amines) is 1. The molecule has 3 heterocycles. The van der Waals surface area contributed by atoms with Crippen molar-refractivity contribution in [2.45, 2.75) is 32.1 Å². The van der Waals surface area contributed by atoms with Gasteiger partial charge in [0.05, 0.1) is 24.5 Å². The number of benzene rings is 1. The second kappa shape index (κ2) is 7.66. The number of hydrogen-bond acceptors (Lipinski definition) is 5. The van der Waals surface area contributed by atoms with Gasteiger partial charge >= 0.3 is 0 Å². The van der Waals surface area contributed by atoms with Gasteiger partial charge in [0.1, 0.15) is 0 Å². The van der Waals surface area contributed by atoms with E-state index in [1.165, 1.54) is 11.1 Å². The normalized spacial score (nSPS) is 18.6. The molecule has 1 amide bonds. The number of piperidine rings is 1. The number of carbonyl (C=O) groups is 1. The highest BCUT2D eigenvalue weighted by atomic mass is 16.7. The molecule has 0 saturated carbocycles. The SMILES string of the molecule is Cc1ccc(CNc2cncc(C(=O)N3CCC4(CC3)OCCO4)c2)cc1. The molecule has 6 heteroatoms. The first kappa shape index (κ1) is 17.9. The molecular formula is C21H25N3O3. The first-order valence-corrected chi connectivity index (χ1v) is 9.45. The molecule has 0 radical (unpaired) electrons. The number of nitrogens with one attached hydrogen (secondary N) is 1. The summed E-state index contributed by atoms with van der Waals surface area (Å²) in [4.78, 5) is 18.9. The first-order chi connectivity index (χ1) is 13.1. The Morgan fingerprint density at radius 3 is 2.56 bits per heavy atom. The maximum Gasteiger partial charge on any atom is 0.255 e. The van der Waals surface area contributed by atoms with Crippen molar-refractivity contribution in [3.63, 3.8) is 0 Å². The summed E-state index contributed by atoms with van der Waals surface area (Å²) in [6, 6.07) is 10.3. The standard InChI is InChI=1S/C21H25N3O3/c1-16-2-4-17(5-3-16)13-23-19-12-18(14-22-15-19)20(25)24-8-6-21(7-9-24)26-10-11-27-21/h2-5,12,14-15,23H,6-11,13H2,1H3. The van der Waals surface area contributed by atoms with Gasteiger partial charge in [-0.25, -0.2) is 0 Å². The zero-order valence-electron chi connectivity index (χ0n) is 15.6. The number of rotatable bonds is 4. The molecule has 1 aromatic heterocycles. The fourth-order valence-corrected chi connectivity index (χ4v) is 3.58. The number of ether oxygens (including phenoxy) is 2. The maximum absolute atomic E-state index is 12.8. The Kier molecular flexibility index (Phi) is 5.09. The van der Waals surface area contributed by atoms with Crippen LogP contribution in [0.15, 0.2) is 42.7 Å². The summed E-state index contributed by atoms with van der Waals surface area (Å²) >= 11 is 0. The van der Waals surface area contributed by atoms with E-state index in [2.05, 4.69) is 41.5 Å². The van der Waals surface area contributed by atoms with Crippen LogP contribution in [0.3, 0.4) is 0 Å². The lowest BCUT2D eigenvalue weighted by Gasteiger charge is -2.37. The van der Waals surface area contributed by atoms with Gasteiger partial charge in [0.25, 0.3) is 5.91 Å². The summed E-state index contributed by atoms with van der Waals surface area (Å²) in [5.74, 6) is -0.457. The number of hydrogen-bond donors (Lipinski definition) is 1. The van der Waals surface area contributed by atoms with Crippen molar-refractivity contribution in [3.05, 3.63) is 59.4 Å². The lowest BCUT2D eigenvalue weighted by Crippen LogP contribution is -2.47. The quantitative estimate of drug-likeness (QED) is 0.900. The highest BCUT2D eigenvalue weighted by Gasteiger charge is 2.40. The monoisotopic (exact) mass is 367 g/mol. The van der Waals surface area contributed by atoms with Gasteiger partial charge < -0.3 is 19.7 Å². The molecule has 4 rings (SSSR count). The molecule has 0 atom stereocenters. The average Bonchev–Trinajstić information content (AvgIpc) is 3.16. The highest BCUT2D eigenvalue weighted by Crippen LogP contribution is 2.31. The van der Waals surface area contributed by atoms with E-state index in [-0.39, 0.29) is 5.91 Å². The van der Waals surface area contributed by atoms with Crippen molar-refractivity contribution in [2.75, 3.05) is 31.6 Å². The number of nitrogens with zero attached hydrogens (tertiary/aromatic N) is 2. The Labute approximate surface area is 159 Å². The number of pyridine rings is 1. The lowest BCUT2D eigenvalue weighted by atomic mass is 10.0. The maximum atomic E-state index is 12.8. The smallest absolute Gasteiger partial charge is 0.255 e. The Bertz CT molecular complexity index is 791. The second-order valence-electron chi connectivity index (χ2n) is 7.20. The van der Waals surface area contributed by atoms with Crippen LogP contribution in [0.4, 0.5) is 5.69 Å². The Morgan fingerprint density at radius 1 is 1.15 bits per heavy atom. The molecule has 2 saturated heterocycles. The van der Waals surface area contributed by atoms with Crippen LogP contribution in [0.25, 0.3) is 0 Å². The van der Waals surface area contributed by atoms with Crippen molar-refractivity contribution in [2.24, 2.45) is 0 Å². The summed E-state index contributed by atoms with van der Waals surface area (Å²) in [6.07, 6.45) is 4.82. The molecule has 2 aliphatic heterocycles. The van der Waals surface area contributed by atoms with Gasteiger partial charge in [0.15, 0.2) is 5.79 Å². The van der Waals surface area contributed by atoms with Crippen molar-refractivity contribution < 1.29 is 14.3 Å². The van der Waals surface area contributed by atoms with Crippen LogP contribution in [0.1, 0.15) is 34.3 Å². The topological polar surface area (TPSA) is 63.7 Å². The molecule has 1 N–H and O–H groups in total. The zero-order valence-corrected chi connectivity index (χ0v) is 15.6. The van der Waals surface area contributed by atoms with Crippen molar-refractivity contribution in [1.82, 2.24) is 9.88 Å². The van der Waals surface area contributed by atoms with Crippen LogP contribution in [-0.2, 0) is 16.0 Å². The lowest BCUT2D eigenvalue weighted by molar-refractivity contribution is -0.181. The minimum absolute atomic E-state index is 0.00864. The summed E-state index contributed by atoms with van der Waals surface area (Å²) in [6.45, 7) is 5.34. The van der Waals surface area contributed by atoms with E-state index < -0.39 is 5.79 Å². The predicted octanol–water partition coefficient (Wildman–Crippen LogP) is 2.98. The number of carbonyl (C=O) groups excluding carboxylic acids is 1. The fourth-order valence-electron chi connectivity index (χ4n) is 3.58. The summed E-state index contributed by atoms with van der Waals surface area (Å²) in [5, 5.41) is 3.34. The van der Waals surface area contributed by atoms with Crippen LogP contribution in [0, 0.1) is 6.92 Å². The molecule has 0 aliphatic carbocycles. The molecule has 2 fully saturated rings. The predicted molar refractivity (Wildman–Crippen MR) is 103 cm³/mol. The number of aryl methyl sites for hydroxylation is 1. The van der Waals surface area contributed by atoms with Crippen molar-refractivity contribution in [3.8, 4) is 0 Å². The third-order valence-corrected chi connectivity index (χ3v) is 5.23. The second-order valence-corrected chi connectivity index (χ2v) is 7.20. The average molecular weight is 367 g/mol. The van der Waals surface area contributed by atoms with Gasteiger partial charge in [-0.05, 0) is 18.6 Å². The molecule has 142 valence electrons. The largest absolute Gasteiger partial charge is 0.380 e. The van der Waals surface area contributed by atoms with Crippen LogP contribution >= 0.6 is 0 Å². The summed E-state index contributed by atoms with van der Waals surface area (Å²) < 4.78 is 11.5. The Morgan fingerprint density at radius 2 is 1.85 bits per heavy atom. The van der Waals surface area contributed by atoms with Crippen LogP contribution in [0.5, 0.6) is 0 Å². The first-order valence-electron chi connectivity index (χ1n) is 9.45. The van der Waals surface area contributed by atoms with Crippen LogP contribution in [-0.4, -0.2) is 47.9 Å². The van der Waals surface area contributed by atoms with Gasteiger partial charge in [0, 0.05) is 44.9 Å². The molecule has 6 nitrogen and oxygen atoms in total. The van der Waals surface area contributed by atoms with Gasteiger partial charge in [-0.2, -0.15) is 0 Å². The molecule has 0 bridgehead atoms. The van der Waals surface area contributed by atoms with Gasteiger partial charge in [0.2, 0.25) is 0 Å². The van der Waals surface area contributed by atoms with Crippen LogP contribution in [0.2, 0.25) is 0 Å². The van der Waals surface area contributed by atoms with Gasteiger partial charge in [-0.3, -0.25) is 9.78 Å². The van der Waals surface area contributed by atoms with Gasteiger partial charge in [-0.1, -0.05) is 29.8 Å². The number of anilines is 1. The Balaban J connectivity index is 1.37. The fraction of sp³-hybridized carbons (Fsp3) is 0.429. The minimum atomic E-state index is -0.466. The van der Waals surface area contributed by atoms with E-state index in [1.54, 1.807) is 12.4 Å². The van der Waals surface area contributed by atoms with Crippen LogP contribution < -0.4 is 5.32 Å². The van der Waals surface area contributed by atoms with Crippen molar-refractivity contribution >= 4 is 11.6 Å². The molecule has 27 heavy (non-hydrogen) atoms. The molecule has 1 aromatic carbocycles. The Hall–Kier alpha value is -2.44. The van der Waals surface area contributed by atoms with Gasteiger partial charge in [-0.15, -0.1) is 0 Å². The molecule has 2 aromatic rings. The molecule has 1 spiro atoms. The summed E-state index contributed by atoms with van der Waals surface area (Å²) in [5.41, 5.74) is 3.88. The van der Waals surface area contributed by atoms with Crippen molar-refractivity contribution in [1.29, 1.82) is 0 Å². The third-order valence-electron chi connectivity index (χ3n) is 5.23. The number of aromatic nitrogens is 1. The van der Waals surface area contributed by atoms with E-state index in [4.69, 9.17) is 9.47 Å². The zero-order chi connectivity index (χ0) is 18.7. The molecule has 0 unspecified atom stereocenters. The van der Waals surface area contributed by atoms with E-state index >= 15 is 0 Å². The van der Waals surface area contributed by atoms with E-state index in [1.807, 2.05) is 11.0 Å². The van der Waals surface area contributed by atoms with E-state index in [0.29, 0.717) is 38.4 Å². The minimum Gasteiger partial charge on any atom is -0.380 e. The van der Waals surface area contributed by atoms with E-state index in [9.17, 15) is 4.79 Å².